The van der Waals surface area contributed by atoms with Crippen LogP contribution < -0.4 is 5.32 Å². The monoisotopic (exact) mass is 568 g/mol. The summed E-state index contributed by atoms with van der Waals surface area (Å²) in [4.78, 5) is 29.3. The van der Waals surface area contributed by atoms with E-state index in [1.807, 2.05) is 67.6 Å². The zero-order chi connectivity index (χ0) is 26.9. The molecule has 1 unspecified atom stereocenters. The van der Waals surface area contributed by atoms with Crippen LogP contribution in [0.4, 0.5) is 0 Å². The fraction of sp³-hybridized carbons (Fsp3) is 0.355. The lowest BCUT2D eigenvalue weighted by atomic mass is 10.0. The topological polar surface area (TPSA) is 49.4 Å². The maximum Gasteiger partial charge on any atom is 0.243 e. The summed E-state index contributed by atoms with van der Waals surface area (Å²) in [6.45, 7) is 2.40. The maximum absolute atomic E-state index is 13.8. The van der Waals surface area contributed by atoms with Crippen LogP contribution in [0.5, 0.6) is 0 Å². The van der Waals surface area contributed by atoms with Gasteiger partial charge in [0.15, 0.2) is 0 Å². The van der Waals surface area contributed by atoms with Gasteiger partial charge in [-0.25, -0.2) is 0 Å². The number of nitrogens with zero attached hydrogens (tertiary/aromatic N) is 1. The Bertz CT molecular complexity index is 1190. The molecule has 0 bridgehead atoms. The largest absolute Gasteiger partial charge is 0.352 e. The highest BCUT2D eigenvalue weighted by atomic mass is 35.5. The SMILES string of the molecule is Cc1ccc(CN(C(=O)CSCc2c(Cl)cccc2Cl)C(Cc2ccccc2)C(=O)NC2CCCC2)cc1. The minimum Gasteiger partial charge on any atom is -0.352 e. The Morgan fingerprint density at radius 3 is 2.24 bits per heavy atom. The number of nitrogens with one attached hydrogen (secondary N) is 1. The van der Waals surface area contributed by atoms with Gasteiger partial charge < -0.3 is 10.2 Å². The molecule has 0 radical (unpaired) electrons. The van der Waals surface area contributed by atoms with Crippen molar-refractivity contribution in [3.05, 3.63) is 105 Å². The van der Waals surface area contributed by atoms with Crippen LogP contribution in [0, 0.1) is 6.92 Å². The molecule has 2 amide bonds. The highest BCUT2D eigenvalue weighted by molar-refractivity contribution is 7.99. The van der Waals surface area contributed by atoms with Gasteiger partial charge in [-0.2, -0.15) is 0 Å². The van der Waals surface area contributed by atoms with Crippen molar-refractivity contribution in [3.63, 3.8) is 0 Å². The number of thioether (sulfide) groups is 1. The summed E-state index contributed by atoms with van der Waals surface area (Å²) in [6, 6.07) is 23.0. The Kier molecular flexibility index (Phi) is 10.6. The smallest absolute Gasteiger partial charge is 0.243 e. The molecule has 0 aliphatic heterocycles. The van der Waals surface area contributed by atoms with E-state index in [0.29, 0.717) is 28.8 Å². The molecule has 1 saturated carbocycles. The number of carbonyl (C=O) groups excluding carboxylic acids is 2. The third-order valence-corrected chi connectivity index (χ3v) is 8.63. The van der Waals surface area contributed by atoms with Crippen LogP contribution in [0.25, 0.3) is 0 Å². The van der Waals surface area contributed by atoms with E-state index in [1.165, 1.54) is 11.8 Å². The Balaban J connectivity index is 1.57. The van der Waals surface area contributed by atoms with Crippen LogP contribution in [0.2, 0.25) is 10.0 Å². The average molecular weight is 570 g/mol. The molecule has 4 rings (SSSR count). The third-order valence-electron chi connectivity index (χ3n) is 6.98. The minimum absolute atomic E-state index is 0.0822. The second-order valence-corrected chi connectivity index (χ2v) is 11.7. The van der Waals surface area contributed by atoms with Gasteiger partial charge in [-0.05, 0) is 48.6 Å². The summed E-state index contributed by atoms with van der Waals surface area (Å²) < 4.78 is 0. The van der Waals surface area contributed by atoms with Crippen LogP contribution in [0.1, 0.15) is 47.9 Å². The van der Waals surface area contributed by atoms with E-state index in [9.17, 15) is 9.59 Å². The van der Waals surface area contributed by atoms with Gasteiger partial charge in [0.2, 0.25) is 11.8 Å². The van der Waals surface area contributed by atoms with E-state index in [-0.39, 0.29) is 23.6 Å². The number of carbonyl (C=O) groups is 2. The highest BCUT2D eigenvalue weighted by Gasteiger charge is 2.32. The second kappa shape index (κ2) is 14.1. The maximum atomic E-state index is 13.8. The number of hydrogen-bond acceptors (Lipinski definition) is 3. The molecular weight excluding hydrogens is 535 g/mol. The second-order valence-electron chi connectivity index (χ2n) is 9.90. The van der Waals surface area contributed by atoms with Gasteiger partial charge in [0, 0.05) is 34.8 Å². The van der Waals surface area contributed by atoms with E-state index in [4.69, 9.17) is 23.2 Å². The molecule has 1 aliphatic carbocycles. The fourth-order valence-electron chi connectivity index (χ4n) is 4.81. The van der Waals surface area contributed by atoms with Crippen LogP contribution in [0.15, 0.2) is 72.8 Å². The number of hydrogen-bond donors (Lipinski definition) is 1. The first-order valence-corrected chi connectivity index (χ1v) is 15.0. The Labute approximate surface area is 240 Å². The van der Waals surface area contributed by atoms with Crippen molar-refractivity contribution in [2.24, 2.45) is 0 Å². The number of benzene rings is 3. The first-order valence-electron chi connectivity index (χ1n) is 13.1. The van der Waals surface area contributed by atoms with Gasteiger partial charge >= 0.3 is 0 Å². The molecule has 1 atom stereocenters. The quantitative estimate of drug-likeness (QED) is 0.265. The molecule has 3 aromatic carbocycles. The van der Waals surface area contributed by atoms with Crippen molar-refractivity contribution in [1.29, 1.82) is 0 Å². The van der Waals surface area contributed by atoms with Crippen LogP contribution in [-0.4, -0.2) is 34.6 Å². The molecule has 0 spiro atoms. The summed E-state index contributed by atoms with van der Waals surface area (Å²) in [5, 5.41) is 4.43. The van der Waals surface area contributed by atoms with E-state index < -0.39 is 6.04 Å². The predicted molar refractivity (Wildman–Crippen MR) is 159 cm³/mol. The van der Waals surface area contributed by atoms with Crippen molar-refractivity contribution < 1.29 is 9.59 Å². The van der Waals surface area contributed by atoms with Crippen LogP contribution in [0.3, 0.4) is 0 Å². The van der Waals surface area contributed by atoms with E-state index >= 15 is 0 Å². The normalized spacial score (nSPS) is 14.3. The Morgan fingerprint density at radius 1 is 0.921 bits per heavy atom. The molecule has 0 heterocycles. The van der Waals surface area contributed by atoms with Crippen LogP contribution in [-0.2, 0) is 28.3 Å². The fourth-order valence-corrected chi connectivity index (χ4v) is 6.45. The molecule has 4 nitrogen and oxygen atoms in total. The molecule has 0 aromatic heterocycles. The molecular formula is C31H34Cl2N2O2S. The van der Waals surface area contributed by atoms with Crippen LogP contribution >= 0.6 is 35.0 Å². The highest BCUT2D eigenvalue weighted by Crippen LogP contribution is 2.29. The van der Waals surface area contributed by atoms with Gasteiger partial charge in [0.25, 0.3) is 0 Å². The van der Waals surface area contributed by atoms with Crippen molar-refractivity contribution in [2.75, 3.05) is 5.75 Å². The lowest BCUT2D eigenvalue weighted by Crippen LogP contribution is -2.52. The standard InChI is InChI=1S/C31H34Cl2N2O2S/c1-22-14-16-24(17-15-22)19-35(30(36)21-38-20-26-27(32)12-7-13-28(26)33)29(18-23-8-3-2-4-9-23)31(37)34-25-10-5-6-11-25/h2-4,7-9,12-17,25,29H,5-6,10-11,18-21H2,1H3,(H,34,37). The van der Waals surface area contributed by atoms with E-state index in [0.717, 1.165) is 47.9 Å². The van der Waals surface area contributed by atoms with E-state index in [1.54, 1.807) is 17.0 Å². The number of aryl methyl sites for hydroxylation is 1. The number of rotatable bonds is 11. The Hall–Kier alpha value is -2.47. The average Bonchev–Trinajstić information content (AvgIpc) is 3.42. The molecule has 1 N–H and O–H groups in total. The first kappa shape index (κ1) is 28.5. The summed E-state index contributed by atoms with van der Waals surface area (Å²) in [5.41, 5.74) is 3.99. The number of amides is 2. The Morgan fingerprint density at radius 2 is 1.58 bits per heavy atom. The lowest BCUT2D eigenvalue weighted by Gasteiger charge is -2.32. The van der Waals surface area contributed by atoms with Gasteiger partial charge in [-0.1, -0.05) is 102 Å². The molecule has 1 fully saturated rings. The van der Waals surface area contributed by atoms with Gasteiger partial charge in [-0.15, -0.1) is 11.8 Å². The van der Waals surface area contributed by atoms with Crippen molar-refractivity contribution in [3.8, 4) is 0 Å². The first-order chi connectivity index (χ1) is 18.4. The predicted octanol–water partition coefficient (Wildman–Crippen LogP) is 7.23. The van der Waals surface area contributed by atoms with Crippen molar-refractivity contribution in [2.45, 2.75) is 63.4 Å². The summed E-state index contributed by atoms with van der Waals surface area (Å²) in [6.07, 6.45) is 4.69. The minimum atomic E-state index is -0.615. The van der Waals surface area contributed by atoms with Gasteiger partial charge in [0.1, 0.15) is 6.04 Å². The van der Waals surface area contributed by atoms with Gasteiger partial charge in [-0.3, -0.25) is 9.59 Å². The third kappa shape index (κ3) is 8.02. The molecule has 1 aliphatic rings. The summed E-state index contributed by atoms with van der Waals surface area (Å²) in [5.74, 6) is 0.567. The molecule has 200 valence electrons. The summed E-state index contributed by atoms with van der Waals surface area (Å²) >= 11 is 14.1. The van der Waals surface area contributed by atoms with E-state index in [2.05, 4.69) is 5.32 Å². The number of halogens is 2. The zero-order valence-electron chi connectivity index (χ0n) is 21.7. The molecule has 38 heavy (non-hydrogen) atoms. The summed E-state index contributed by atoms with van der Waals surface area (Å²) in [7, 11) is 0. The molecule has 7 heteroatoms. The zero-order valence-corrected chi connectivity index (χ0v) is 24.0. The molecule has 0 saturated heterocycles. The van der Waals surface area contributed by atoms with Crippen molar-refractivity contribution in [1.82, 2.24) is 10.2 Å². The van der Waals surface area contributed by atoms with Gasteiger partial charge in [0.05, 0.1) is 5.75 Å². The lowest BCUT2D eigenvalue weighted by molar-refractivity contribution is -0.139. The van der Waals surface area contributed by atoms with Crippen molar-refractivity contribution >= 4 is 46.8 Å². The molecule has 3 aromatic rings.